The van der Waals surface area contributed by atoms with Crippen LogP contribution in [0.15, 0.2) is 66.8 Å². The normalized spacial score (nSPS) is 19.4. The summed E-state index contributed by atoms with van der Waals surface area (Å²) in [6.07, 6.45) is 5.51. The van der Waals surface area contributed by atoms with Crippen LogP contribution in [-0.2, 0) is 10.0 Å². The smallest absolute Gasteiger partial charge is 0.339 e. The van der Waals surface area contributed by atoms with Crippen LogP contribution in [0.2, 0.25) is 0 Å². The number of hydrogen-bond acceptors (Lipinski definition) is 4. The van der Waals surface area contributed by atoms with Crippen molar-refractivity contribution in [3.63, 3.8) is 0 Å². The lowest BCUT2D eigenvalue weighted by Gasteiger charge is -2.30. The van der Waals surface area contributed by atoms with Crippen molar-refractivity contribution in [1.82, 2.24) is 0 Å². The minimum atomic E-state index is -3.86. The van der Waals surface area contributed by atoms with Gasteiger partial charge in [-0.05, 0) is 36.6 Å². The fourth-order valence-electron chi connectivity index (χ4n) is 2.95. The third kappa shape index (κ3) is 3.73. The maximum Gasteiger partial charge on any atom is 0.339 e. The molecule has 0 spiro atoms. The zero-order chi connectivity index (χ0) is 19.7. The lowest BCUT2D eigenvalue weighted by Crippen LogP contribution is -2.39. The summed E-state index contributed by atoms with van der Waals surface area (Å²) in [5.74, 6) is -1.79. The Kier molecular flexibility index (Phi) is 4.80. The number of nitrogens with one attached hydrogen (secondary N) is 1. The van der Waals surface area contributed by atoms with Crippen molar-refractivity contribution < 1.29 is 23.4 Å². The van der Waals surface area contributed by atoms with E-state index < -0.39 is 26.5 Å². The number of aromatic carboxylic acids is 1. The zero-order valence-corrected chi connectivity index (χ0v) is 15.4. The van der Waals surface area contributed by atoms with Crippen molar-refractivity contribution in [2.75, 3.05) is 4.72 Å². The molecule has 2 aromatic rings. The third-order valence-electron chi connectivity index (χ3n) is 4.53. The monoisotopic (exact) mass is 385 g/mol. The number of carboxylic acids is 1. The Labute approximate surface area is 157 Å². The Morgan fingerprint density at radius 3 is 2.48 bits per heavy atom. The summed E-state index contributed by atoms with van der Waals surface area (Å²) in [6, 6.07) is 13.1. The molecule has 1 aliphatic rings. The van der Waals surface area contributed by atoms with Gasteiger partial charge in [0.2, 0.25) is 10.0 Å². The van der Waals surface area contributed by atoms with Crippen LogP contribution < -0.4 is 4.72 Å². The molecule has 7 heteroatoms. The summed E-state index contributed by atoms with van der Waals surface area (Å²) < 4.78 is 27.2. The molecule has 3 rings (SSSR count). The summed E-state index contributed by atoms with van der Waals surface area (Å²) >= 11 is 0. The molecule has 0 radical (unpaired) electrons. The number of phenols is 1. The molecule has 1 aliphatic carbocycles. The average molecular weight is 385 g/mol. The van der Waals surface area contributed by atoms with Gasteiger partial charge in [-0.3, -0.25) is 4.72 Å². The van der Waals surface area contributed by atoms with Gasteiger partial charge in [0.1, 0.15) is 16.1 Å². The molecule has 0 amide bonds. The van der Waals surface area contributed by atoms with Gasteiger partial charge in [-0.1, -0.05) is 48.6 Å². The molecule has 2 aromatic carbocycles. The number of sulfonamides is 1. The fraction of sp³-hybridized carbons (Fsp3) is 0.150. The molecule has 1 unspecified atom stereocenters. The number of rotatable bonds is 5. The highest BCUT2D eigenvalue weighted by Crippen LogP contribution is 2.36. The predicted octanol–water partition coefficient (Wildman–Crippen LogP) is 3.63. The van der Waals surface area contributed by atoms with E-state index in [4.69, 9.17) is 5.11 Å². The Bertz CT molecular complexity index is 1040. The van der Waals surface area contributed by atoms with Gasteiger partial charge < -0.3 is 10.2 Å². The Balaban J connectivity index is 1.86. The van der Waals surface area contributed by atoms with Gasteiger partial charge in [-0.25, -0.2) is 13.2 Å². The summed E-state index contributed by atoms with van der Waals surface area (Å²) in [5, 5.41) is 18.7. The fourth-order valence-corrected chi connectivity index (χ4v) is 4.22. The van der Waals surface area contributed by atoms with Crippen molar-refractivity contribution in [3.8, 4) is 5.75 Å². The van der Waals surface area contributed by atoms with Crippen LogP contribution in [0.4, 0.5) is 5.69 Å². The van der Waals surface area contributed by atoms with E-state index in [9.17, 15) is 18.3 Å². The first-order chi connectivity index (χ1) is 12.7. The summed E-state index contributed by atoms with van der Waals surface area (Å²) in [7, 11) is -3.86. The number of benzene rings is 2. The minimum Gasteiger partial charge on any atom is -0.507 e. The van der Waals surface area contributed by atoms with Crippen molar-refractivity contribution in [2.45, 2.75) is 18.1 Å². The van der Waals surface area contributed by atoms with Gasteiger partial charge in [-0.2, -0.15) is 0 Å². The molecule has 0 bridgehead atoms. The summed E-state index contributed by atoms with van der Waals surface area (Å²) in [4.78, 5) is 11.0. The van der Waals surface area contributed by atoms with Crippen LogP contribution in [0.5, 0.6) is 5.75 Å². The first kappa shape index (κ1) is 18.7. The Morgan fingerprint density at radius 1 is 1.15 bits per heavy atom. The van der Waals surface area contributed by atoms with E-state index in [0.717, 1.165) is 23.3 Å². The second-order valence-corrected chi connectivity index (χ2v) is 8.69. The summed E-state index contributed by atoms with van der Waals surface area (Å²) in [5.41, 5.74) is 1.65. The van der Waals surface area contributed by atoms with Gasteiger partial charge in [0.15, 0.2) is 0 Å². The lowest BCUT2D eigenvalue weighted by atomic mass is 9.90. The van der Waals surface area contributed by atoms with E-state index in [0.29, 0.717) is 0 Å². The van der Waals surface area contributed by atoms with Crippen LogP contribution in [0, 0.1) is 0 Å². The van der Waals surface area contributed by atoms with Gasteiger partial charge in [0.25, 0.3) is 0 Å². The van der Waals surface area contributed by atoms with E-state index in [2.05, 4.69) is 4.72 Å². The van der Waals surface area contributed by atoms with Crippen molar-refractivity contribution in [1.29, 1.82) is 0 Å². The van der Waals surface area contributed by atoms with E-state index >= 15 is 0 Å². The van der Waals surface area contributed by atoms with Crippen LogP contribution in [0.25, 0.3) is 5.57 Å². The topological polar surface area (TPSA) is 104 Å². The van der Waals surface area contributed by atoms with Gasteiger partial charge in [0, 0.05) is 6.07 Å². The molecular weight excluding hydrogens is 366 g/mol. The molecule has 6 nitrogen and oxygen atoms in total. The number of anilines is 1. The predicted molar refractivity (Wildman–Crippen MR) is 104 cm³/mol. The van der Waals surface area contributed by atoms with Crippen molar-refractivity contribution >= 4 is 27.3 Å². The molecule has 3 N–H and O–H groups in total. The molecule has 0 aliphatic heterocycles. The Morgan fingerprint density at radius 2 is 1.85 bits per heavy atom. The molecule has 140 valence electrons. The third-order valence-corrected chi connectivity index (χ3v) is 6.54. The highest BCUT2D eigenvalue weighted by molar-refractivity contribution is 7.94. The minimum absolute atomic E-state index is 0.0999. The molecular formula is C20H19NO5S. The SMILES string of the molecule is CC1(S(=O)(=O)Nc2ccc(C(=O)O)c(O)c2)C=CC=C(c2ccccc2)C1. The largest absolute Gasteiger partial charge is 0.507 e. The summed E-state index contributed by atoms with van der Waals surface area (Å²) in [6.45, 7) is 1.62. The van der Waals surface area contributed by atoms with Crippen LogP contribution >= 0.6 is 0 Å². The van der Waals surface area contributed by atoms with Crippen molar-refractivity contribution in [2.24, 2.45) is 0 Å². The van der Waals surface area contributed by atoms with E-state index in [1.54, 1.807) is 19.1 Å². The van der Waals surface area contributed by atoms with Gasteiger partial charge in [-0.15, -0.1) is 0 Å². The van der Waals surface area contributed by atoms with Gasteiger partial charge in [0.05, 0.1) is 5.69 Å². The molecule has 0 fully saturated rings. The maximum atomic E-state index is 13.0. The molecule has 0 aromatic heterocycles. The second kappa shape index (κ2) is 6.92. The molecule has 0 saturated heterocycles. The number of aromatic hydroxyl groups is 1. The number of carboxylic acid groups (broad SMARTS) is 1. The maximum absolute atomic E-state index is 13.0. The highest BCUT2D eigenvalue weighted by Gasteiger charge is 2.39. The molecule has 0 saturated carbocycles. The zero-order valence-electron chi connectivity index (χ0n) is 14.6. The average Bonchev–Trinajstić information content (AvgIpc) is 2.62. The van der Waals surface area contributed by atoms with Gasteiger partial charge >= 0.3 is 5.97 Å². The van der Waals surface area contributed by atoms with Crippen LogP contribution in [-0.4, -0.2) is 29.3 Å². The number of allylic oxidation sites excluding steroid dienone is 3. The molecule has 0 heterocycles. The van der Waals surface area contributed by atoms with Crippen LogP contribution in [0.3, 0.4) is 0 Å². The Hall–Kier alpha value is -3.06. The number of hydrogen-bond donors (Lipinski definition) is 3. The lowest BCUT2D eigenvalue weighted by molar-refractivity contribution is 0.0694. The molecule has 1 atom stereocenters. The van der Waals surface area contributed by atoms with Crippen LogP contribution in [0.1, 0.15) is 29.3 Å². The standard InChI is InChI=1S/C20H19NO5S/c1-20(11-5-8-15(13-20)14-6-3-2-4-7-14)27(25,26)21-16-9-10-17(19(23)24)18(22)12-16/h2-12,21-22H,13H2,1H3,(H,23,24). The van der Waals surface area contributed by atoms with E-state index in [1.807, 2.05) is 36.4 Å². The quantitative estimate of drug-likeness (QED) is 0.729. The van der Waals surface area contributed by atoms with Crippen molar-refractivity contribution in [3.05, 3.63) is 77.9 Å². The number of carbonyl (C=O) groups is 1. The van der Waals surface area contributed by atoms with E-state index in [-0.39, 0.29) is 17.7 Å². The molecule has 27 heavy (non-hydrogen) atoms. The van der Waals surface area contributed by atoms with E-state index in [1.165, 1.54) is 6.07 Å². The second-order valence-electron chi connectivity index (χ2n) is 6.55. The first-order valence-corrected chi connectivity index (χ1v) is 9.73. The highest BCUT2D eigenvalue weighted by atomic mass is 32.2. The first-order valence-electron chi connectivity index (χ1n) is 8.24.